The third-order valence-electron chi connectivity index (χ3n) is 4.32. The molecule has 242 valence electrons. The SMILES string of the molecule is C=C(C)C(=O)OCCOCCOCCOCCOCCOCCOCCOC.C=CC(=O)OCCOCCOCC. The van der Waals surface area contributed by atoms with Gasteiger partial charge in [-0.05, 0) is 13.8 Å². The van der Waals surface area contributed by atoms with Gasteiger partial charge in [0.25, 0.3) is 0 Å². The molecule has 0 rings (SSSR count). The molecule has 0 N–H and O–H groups in total. The fourth-order valence-corrected chi connectivity index (χ4v) is 2.28. The van der Waals surface area contributed by atoms with E-state index in [1.54, 1.807) is 14.0 Å². The summed E-state index contributed by atoms with van der Waals surface area (Å²) in [5, 5.41) is 0. The first kappa shape index (κ1) is 41.2. The second kappa shape index (κ2) is 36.1. The van der Waals surface area contributed by atoms with Crippen LogP contribution in [0.15, 0.2) is 24.8 Å². The molecule has 0 aromatic carbocycles. The highest BCUT2D eigenvalue weighted by Crippen LogP contribution is 1.92. The van der Waals surface area contributed by atoms with E-state index in [1.807, 2.05) is 6.92 Å². The molecule has 13 heteroatoms. The number of carbonyl (C=O) groups excluding carboxylic acids is 2. The van der Waals surface area contributed by atoms with E-state index in [1.165, 1.54) is 0 Å². The van der Waals surface area contributed by atoms with Crippen LogP contribution in [-0.2, 0) is 61.7 Å². The Kier molecular flexibility index (Phi) is 36.3. The van der Waals surface area contributed by atoms with E-state index >= 15 is 0 Å². The zero-order valence-electron chi connectivity index (χ0n) is 25.2. The van der Waals surface area contributed by atoms with Gasteiger partial charge in [-0.2, -0.15) is 0 Å². The third-order valence-corrected chi connectivity index (χ3v) is 4.32. The molecule has 0 aliphatic rings. The van der Waals surface area contributed by atoms with Crippen molar-refractivity contribution in [2.45, 2.75) is 13.8 Å². The van der Waals surface area contributed by atoms with E-state index in [9.17, 15) is 9.59 Å². The van der Waals surface area contributed by atoms with Gasteiger partial charge in [-0.3, -0.25) is 0 Å². The number of hydrogen-bond acceptors (Lipinski definition) is 13. The quantitative estimate of drug-likeness (QED) is 0.0676. The minimum Gasteiger partial charge on any atom is -0.460 e. The highest BCUT2D eigenvalue weighted by atomic mass is 16.6. The van der Waals surface area contributed by atoms with Crippen molar-refractivity contribution in [3.8, 4) is 0 Å². The molecule has 0 atom stereocenters. The van der Waals surface area contributed by atoms with Crippen LogP contribution in [0.2, 0.25) is 0 Å². The molecule has 0 saturated carbocycles. The van der Waals surface area contributed by atoms with E-state index in [4.69, 9.17) is 47.4 Å². The van der Waals surface area contributed by atoms with E-state index in [2.05, 4.69) is 17.9 Å². The fraction of sp³-hybridized carbons (Fsp3) is 0.786. The number of esters is 2. The molecule has 0 aliphatic carbocycles. The Morgan fingerprint density at radius 2 is 0.854 bits per heavy atom. The molecule has 0 saturated heterocycles. The lowest BCUT2D eigenvalue weighted by molar-refractivity contribution is -0.141. The fourth-order valence-electron chi connectivity index (χ4n) is 2.28. The van der Waals surface area contributed by atoms with Crippen molar-refractivity contribution in [3.05, 3.63) is 24.8 Å². The van der Waals surface area contributed by atoms with Crippen LogP contribution in [0.4, 0.5) is 0 Å². The largest absolute Gasteiger partial charge is 0.460 e. The lowest BCUT2D eigenvalue weighted by Gasteiger charge is -2.08. The van der Waals surface area contributed by atoms with Crippen LogP contribution in [0.5, 0.6) is 0 Å². The van der Waals surface area contributed by atoms with Gasteiger partial charge in [0.1, 0.15) is 13.2 Å². The molecule has 0 aliphatic heterocycles. The van der Waals surface area contributed by atoms with Crippen molar-refractivity contribution in [2.24, 2.45) is 0 Å². The first-order valence-corrected chi connectivity index (χ1v) is 13.7. The van der Waals surface area contributed by atoms with Crippen LogP contribution >= 0.6 is 0 Å². The Bertz CT molecular complexity index is 602. The number of hydrogen-bond donors (Lipinski definition) is 0. The summed E-state index contributed by atoms with van der Waals surface area (Å²) in [6.07, 6.45) is 1.13. The zero-order valence-corrected chi connectivity index (χ0v) is 25.2. The predicted octanol–water partition coefficient (Wildman–Crippen LogP) is 1.62. The van der Waals surface area contributed by atoms with Crippen molar-refractivity contribution >= 4 is 11.9 Å². The average Bonchev–Trinajstić information content (AvgIpc) is 2.97. The minimum absolute atomic E-state index is 0.210. The number of carbonyl (C=O) groups is 2. The topological polar surface area (TPSA) is 136 Å². The van der Waals surface area contributed by atoms with E-state index < -0.39 is 11.9 Å². The van der Waals surface area contributed by atoms with Gasteiger partial charge in [-0.15, -0.1) is 0 Å². The highest BCUT2D eigenvalue weighted by molar-refractivity contribution is 5.86. The molecule has 0 radical (unpaired) electrons. The summed E-state index contributed by atoms with van der Waals surface area (Å²) in [4.78, 5) is 21.6. The van der Waals surface area contributed by atoms with Crippen LogP contribution in [0.1, 0.15) is 13.8 Å². The van der Waals surface area contributed by atoms with Crippen LogP contribution in [0, 0.1) is 0 Å². The molecule has 0 fully saturated rings. The van der Waals surface area contributed by atoms with Crippen LogP contribution in [0.3, 0.4) is 0 Å². The van der Waals surface area contributed by atoms with Crippen molar-refractivity contribution in [3.63, 3.8) is 0 Å². The maximum Gasteiger partial charge on any atom is 0.333 e. The van der Waals surface area contributed by atoms with Crippen LogP contribution < -0.4 is 0 Å². The summed E-state index contributed by atoms with van der Waals surface area (Å²) in [6, 6.07) is 0. The summed E-state index contributed by atoms with van der Waals surface area (Å²) in [5.74, 6) is -0.828. The third kappa shape index (κ3) is 38.1. The van der Waals surface area contributed by atoms with Crippen molar-refractivity contribution in [1.29, 1.82) is 0 Å². The van der Waals surface area contributed by atoms with Gasteiger partial charge in [-0.25, -0.2) is 9.59 Å². The summed E-state index contributed by atoms with van der Waals surface area (Å²) in [5.41, 5.74) is 0.376. The Morgan fingerprint density at radius 3 is 1.17 bits per heavy atom. The van der Waals surface area contributed by atoms with Gasteiger partial charge in [0.15, 0.2) is 0 Å². The summed E-state index contributed by atoms with van der Waals surface area (Å²) in [6.45, 7) is 19.5. The number of methoxy groups -OCH3 is 1. The molecular weight excluding hydrogens is 544 g/mol. The zero-order chi connectivity index (χ0) is 30.7. The summed E-state index contributed by atoms with van der Waals surface area (Å²) < 4.78 is 56.6. The lowest BCUT2D eigenvalue weighted by atomic mass is 10.4. The second-order valence-corrected chi connectivity index (χ2v) is 7.76. The van der Waals surface area contributed by atoms with Gasteiger partial charge in [0, 0.05) is 25.4 Å². The van der Waals surface area contributed by atoms with E-state index in [0.717, 1.165) is 6.08 Å². The first-order valence-electron chi connectivity index (χ1n) is 13.7. The Morgan fingerprint density at radius 1 is 0.537 bits per heavy atom. The highest BCUT2D eigenvalue weighted by Gasteiger charge is 2.01. The molecule has 13 nitrogen and oxygen atoms in total. The van der Waals surface area contributed by atoms with Gasteiger partial charge < -0.3 is 52.1 Å². The molecule has 41 heavy (non-hydrogen) atoms. The molecule has 0 aromatic rings. The monoisotopic (exact) mass is 596 g/mol. The maximum absolute atomic E-state index is 11.1. The summed E-state index contributed by atoms with van der Waals surface area (Å²) >= 11 is 0. The van der Waals surface area contributed by atoms with Crippen molar-refractivity contribution in [1.82, 2.24) is 0 Å². The van der Waals surface area contributed by atoms with Gasteiger partial charge in [0.2, 0.25) is 0 Å². The van der Waals surface area contributed by atoms with Crippen molar-refractivity contribution in [2.75, 3.05) is 133 Å². The average molecular weight is 597 g/mol. The minimum atomic E-state index is -0.423. The lowest BCUT2D eigenvalue weighted by Crippen LogP contribution is -2.15. The Balaban J connectivity index is 0. The van der Waals surface area contributed by atoms with Crippen LogP contribution in [0.25, 0.3) is 0 Å². The van der Waals surface area contributed by atoms with E-state index in [-0.39, 0.29) is 13.2 Å². The maximum atomic E-state index is 11.1. The Labute approximate surface area is 245 Å². The predicted molar refractivity (Wildman–Crippen MR) is 151 cm³/mol. The van der Waals surface area contributed by atoms with Gasteiger partial charge >= 0.3 is 11.9 Å². The normalized spacial score (nSPS) is 10.5. The smallest absolute Gasteiger partial charge is 0.333 e. The molecular formula is C28H52O13. The first-order chi connectivity index (χ1) is 20.0. The molecule has 0 amide bonds. The van der Waals surface area contributed by atoms with Crippen molar-refractivity contribution < 1.29 is 61.7 Å². The second-order valence-electron chi connectivity index (χ2n) is 7.76. The molecule has 0 heterocycles. The molecule has 0 spiro atoms. The molecule has 0 bridgehead atoms. The van der Waals surface area contributed by atoms with Crippen LogP contribution in [-0.4, -0.2) is 145 Å². The Hall–Kier alpha value is -1.94. The molecule has 0 aromatic heterocycles. The summed E-state index contributed by atoms with van der Waals surface area (Å²) in [7, 11) is 1.64. The van der Waals surface area contributed by atoms with Gasteiger partial charge in [0.05, 0.1) is 106 Å². The standard InChI is InChI=1S/C19H36O9.C9H16O4/c1-18(2)19(20)28-17-16-27-15-14-26-13-12-25-11-10-24-9-8-23-7-6-22-5-4-21-3;1-3-9(10)13-8-7-12-6-5-11-4-2/h1,4-17H2,2-3H3;3H,1,4-8H2,2H3. The van der Waals surface area contributed by atoms with Gasteiger partial charge in [-0.1, -0.05) is 13.2 Å². The number of rotatable bonds is 30. The van der Waals surface area contributed by atoms with E-state index in [0.29, 0.717) is 118 Å². The molecule has 0 unspecified atom stereocenters. The number of ether oxygens (including phenoxy) is 11.